The maximum Gasteiger partial charge on any atom is 0.348 e. The highest BCUT2D eigenvalue weighted by molar-refractivity contribution is 6.02. The molecule has 0 saturated carbocycles. The van der Waals surface area contributed by atoms with Crippen molar-refractivity contribution in [3.63, 3.8) is 0 Å². The number of hydrogen-bond donors (Lipinski definition) is 3. The van der Waals surface area contributed by atoms with Crippen LogP contribution in [0, 0.1) is 0 Å². The molecule has 7 heteroatoms. The van der Waals surface area contributed by atoms with Crippen molar-refractivity contribution < 1.29 is 34.4 Å². The first-order valence-corrected chi connectivity index (χ1v) is 5.17. The molecule has 0 aliphatic rings. The number of aliphatic carboxylic acids is 2. The van der Waals surface area contributed by atoms with Crippen LogP contribution >= 0.6 is 0 Å². The van der Waals surface area contributed by atoms with Gasteiger partial charge in [0.05, 0.1) is 5.56 Å². The summed E-state index contributed by atoms with van der Waals surface area (Å²) in [5, 5.41) is 26.7. The standard InChI is InChI=1S/C12H12O7/c1-19-12(10(15)16,11(17)18)6-7-2-4-8(5-3-7)9(13)14/h2-5H,6H2,1H3,(H,13,14)(H,15,16)(H,17,18). The smallest absolute Gasteiger partial charge is 0.348 e. The van der Waals surface area contributed by atoms with Gasteiger partial charge in [0.2, 0.25) is 0 Å². The van der Waals surface area contributed by atoms with Gasteiger partial charge in [-0.25, -0.2) is 14.4 Å². The molecular weight excluding hydrogens is 256 g/mol. The van der Waals surface area contributed by atoms with Crippen molar-refractivity contribution in [2.75, 3.05) is 7.11 Å². The van der Waals surface area contributed by atoms with Crippen molar-refractivity contribution >= 4 is 17.9 Å². The molecule has 1 aromatic rings. The Morgan fingerprint density at radius 3 is 1.84 bits per heavy atom. The van der Waals surface area contributed by atoms with Crippen LogP contribution < -0.4 is 0 Å². The van der Waals surface area contributed by atoms with Crippen molar-refractivity contribution in [2.45, 2.75) is 12.0 Å². The van der Waals surface area contributed by atoms with Gasteiger partial charge in [-0.1, -0.05) is 12.1 Å². The number of methoxy groups -OCH3 is 1. The van der Waals surface area contributed by atoms with Gasteiger partial charge in [-0.2, -0.15) is 0 Å². The van der Waals surface area contributed by atoms with Crippen LogP contribution in [0.25, 0.3) is 0 Å². The molecule has 1 rings (SSSR count). The Bertz CT molecular complexity index is 489. The fourth-order valence-electron chi connectivity index (χ4n) is 1.54. The Hall–Kier alpha value is -2.41. The monoisotopic (exact) mass is 268 g/mol. The summed E-state index contributed by atoms with van der Waals surface area (Å²) in [4.78, 5) is 32.8. The molecule has 0 unspecified atom stereocenters. The van der Waals surface area contributed by atoms with Gasteiger partial charge in [-0.05, 0) is 17.7 Å². The lowest BCUT2D eigenvalue weighted by atomic mass is 9.94. The maximum absolute atomic E-state index is 11.1. The predicted octanol–water partition coefficient (Wildman–Crippen LogP) is 0.482. The summed E-state index contributed by atoms with van der Waals surface area (Å²) in [6, 6.07) is 5.23. The van der Waals surface area contributed by atoms with Crippen molar-refractivity contribution in [2.24, 2.45) is 0 Å². The largest absolute Gasteiger partial charge is 0.479 e. The van der Waals surface area contributed by atoms with Gasteiger partial charge in [-0.3, -0.25) is 0 Å². The third-order valence-electron chi connectivity index (χ3n) is 2.69. The normalized spacial score (nSPS) is 11.0. The molecule has 7 nitrogen and oxygen atoms in total. The number of rotatable bonds is 6. The van der Waals surface area contributed by atoms with Crippen LogP contribution in [0.15, 0.2) is 24.3 Å². The van der Waals surface area contributed by atoms with Crippen molar-refractivity contribution in [3.8, 4) is 0 Å². The molecule has 1 aromatic carbocycles. The average molecular weight is 268 g/mol. The van der Waals surface area contributed by atoms with Crippen molar-refractivity contribution in [1.29, 1.82) is 0 Å². The van der Waals surface area contributed by atoms with E-state index in [0.717, 1.165) is 7.11 Å². The summed E-state index contributed by atoms with van der Waals surface area (Å²) in [5.74, 6) is -4.37. The van der Waals surface area contributed by atoms with E-state index < -0.39 is 29.9 Å². The minimum atomic E-state index is -2.38. The number of benzene rings is 1. The van der Waals surface area contributed by atoms with E-state index in [2.05, 4.69) is 4.74 Å². The molecule has 0 amide bonds. The zero-order chi connectivity index (χ0) is 14.6. The Morgan fingerprint density at radius 2 is 1.53 bits per heavy atom. The highest BCUT2D eigenvalue weighted by Gasteiger charge is 2.47. The fourth-order valence-corrected chi connectivity index (χ4v) is 1.54. The zero-order valence-electron chi connectivity index (χ0n) is 9.99. The first kappa shape index (κ1) is 14.7. The summed E-state index contributed by atoms with van der Waals surface area (Å²) in [7, 11) is 0.994. The van der Waals surface area contributed by atoms with Crippen molar-refractivity contribution in [3.05, 3.63) is 35.4 Å². The van der Waals surface area contributed by atoms with Gasteiger partial charge in [0.1, 0.15) is 0 Å². The van der Waals surface area contributed by atoms with E-state index in [9.17, 15) is 14.4 Å². The number of aromatic carboxylic acids is 1. The van der Waals surface area contributed by atoms with Crippen LogP contribution in [0.1, 0.15) is 15.9 Å². The molecule has 0 heterocycles. The topological polar surface area (TPSA) is 121 Å². The lowest BCUT2D eigenvalue weighted by molar-refractivity contribution is -0.179. The molecular formula is C12H12O7. The van der Waals surface area contributed by atoms with Gasteiger partial charge in [0, 0.05) is 13.5 Å². The van der Waals surface area contributed by atoms with E-state index in [1.165, 1.54) is 24.3 Å². The number of carboxylic acids is 3. The molecule has 0 spiro atoms. The van der Waals surface area contributed by atoms with E-state index in [4.69, 9.17) is 15.3 Å². The van der Waals surface area contributed by atoms with E-state index in [1.54, 1.807) is 0 Å². The number of ether oxygens (including phenoxy) is 1. The van der Waals surface area contributed by atoms with Gasteiger partial charge in [0.25, 0.3) is 5.60 Å². The molecule has 0 atom stereocenters. The minimum absolute atomic E-state index is 0.0254. The molecule has 0 aliphatic carbocycles. The van der Waals surface area contributed by atoms with Crippen LogP contribution in [0.5, 0.6) is 0 Å². The Morgan fingerprint density at radius 1 is 1.05 bits per heavy atom. The quantitative estimate of drug-likeness (QED) is 0.641. The number of carboxylic acid groups (broad SMARTS) is 3. The highest BCUT2D eigenvalue weighted by Crippen LogP contribution is 2.19. The first-order valence-electron chi connectivity index (χ1n) is 5.17. The van der Waals surface area contributed by atoms with E-state index in [0.29, 0.717) is 5.56 Å². The summed E-state index contributed by atoms with van der Waals surface area (Å²) in [6.07, 6.45) is -0.409. The van der Waals surface area contributed by atoms with Crippen LogP contribution in [0.4, 0.5) is 0 Å². The molecule has 0 bridgehead atoms. The average Bonchev–Trinajstić information content (AvgIpc) is 2.35. The number of carbonyl (C=O) groups is 3. The van der Waals surface area contributed by atoms with Gasteiger partial charge >= 0.3 is 17.9 Å². The summed E-state index contributed by atoms with van der Waals surface area (Å²) < 4.78 is 4.63. The molecule has 0 radical (unpaired) electrons. The Labute approximate surface area is 108 Å². The summed E-state index contributed by atoms with van der Waals surface area (Å²) >= 11 is 0. The first-order chi connectivity index (χ1) is 8.83. The van der Waals surface area contributed by atoms with Gasteiger partial charge < -0.3 is 20.1 Å². The van der Waals surface area contributed by atoms with Crippen LogP contribution in [-0.4, -0.2) is 45.9 Å². The second-order valence-corrected chi connectivity index (χ2v) is 3.82. The Balaban J connectivity index is 3.07. The predicted molar refractivity (Wildman–Crippen MR) is 62.1 cm³/mol. The summed E-state index contributed by atoms with van der Waals surface area (Å²) in [6.45, 7) is 0. The fraction of sp³-hybridized carbons (Fsp3) is 0.250. The SMILES string of the molecule is COC(Cc1ccc(C(=O)O)cc1)(C(=O)O)C(=O)O. The van der Waals surface area contributed by atoms with Crippen LogP contribution in [-0.2, 0) is 20.7 Å². The van der Waals surface area contributed by atoms with E-state index in [1.807, 2.05) is 0 Å². The van der Waals surface area contributed by atoms with Crippen LogP contribution in [0.3, 0.4) is 0 Å². The maximum atomic E-state index is 11.1. The zero-order valence-corrected chi connectivity index (χ0v) is 9.99. The van der Waals surface area contributed by atoms with E-state index in [-0.39, 0.29) is 5.56 Å². The summed E-state index contributed by atoms with van der Waals surface area (Å²) in [5.41, 5.74) is -2.01. The molecule has 0 aromatic heterocycles. The molecule has 0 aliphatic heterocycles. The number of hydrogen-bond acceptors (Lipinski definition) is 4. The molecule has 102 valence electrons. The van der Waals surface area contributed by atoms with E-state index >= 15 is 0 Å². The second kappa shape index (κ2) is 5.49. The third-order valence-corrected chi connectivity index (χ3v) is 2.69. The Kier molecular flexibility index (Phi) is 4.23. The molecule has 0 fully saturated rings. The molecule has 0 saturated heterocycles. The van der Waals surface area contributed by atoms with Gasteiger partial charge in [-0.15, -0.1) is 0 Å². The lowest BCUT2D eigenvalue weighted by Gasteiger charge is -2.23. The van der Waals surface area contributed by atoms with Crippen molar-refractivity contribution in [1.82, 2.24) is 0 Å². The lowest BCUT2D eigenvalue weighted by Crippen LogP contribution is -2.50. The van der Waals surface area contributed by atoms with Crippen LogP contribution in [0.2, 0.25) is 0 Å². The third kappa shape index (κ3) is 2.89. The highest BCUT2D eigenvalue weighted by atomic mass is 16.5. The second-order valence-electron chi connectivity index (χ2n) is 3.82. The minimum Gasteiger partial charge on any atom is -0.479 e. The molecule has 3 N–H and O–H groups in total. The van der Waals surface area contributed by atoms with Gasteiger partial charge in [0.15, 0.2) is 0 Å². The molecule has 19 heavy (non-hydrogen) atoms.